The highest BCUT2D eigenvalue weighted by Crippen LogP contribution is 2.41. The summed E-state index contributed by atoms with van der Waals surface area (Å²) in [6.07, 6.45) is 4.33. The summed E-state index contributed by atoms with van der Waals surface area (Å²) in [7, 11) is 6.00. The number of nitrogens with zero attached hydrogens (tertiary/aromatic N) is 2. The van der Waals surface area contributed by atoms with Crippen LogP contribution in [0.1, 0.15) is 24.6 Å². The van der Waals surface area contributed by atoms with Crippen LogP contribution in [0.15, 0.2) is 64.9 Å². The van der Waals surface area contributed by atoms with Gasteiger partial charge in [0.25, 0.3) is 0 Å². The number of aromatic nitrogens is 1. The second-order valence-corrected chi connectivity index (χ2v) is 6.74. The number of hydrogen-bond acceptors (Lipinski definition) is 4. The van der Waals surface area contributed by atoms with Gasteiger partial charge in [0.05, 0.1) is 11.4 Å². The first-order valence-electron chi connectivity index (χ1n) is 9.07. The van der Waals surface area contributed by atoms with Crippen molar-refractivity contribution in [3.63, 3.8) is 0 Å². The topological polar surface area (TPSA) is 61.8 Å². The maximum Gasteiger partial charge on any atom is 0.586 e. The molecular formula is C21H18BF2N3O2. The van der Waals surface area contributed by atoms with Crippen LogP contribution in [-0.2, 0) is 0 Å². The number of hydrogen-bond donors (Lipinski definition) is 1. The number of allylic oxidation sites excluding steroid dienone is 3. The monoisotopic (exact) mass is 393 g/mol. The highest BCUT2D eigenvalue weighted by Gasteiger charge is 2.43. The van der Waals surface area contributed by atoms with Crippen molar-refractivity contribution in [3.05, 3.63) is 71.2 Å². The summed E-state index contributed by atoms with van der Waals surface area (Å²) in [5, 5.41) is 0. The van der Waals surface area contributed by atoms with Crippen molar-refractivity contribution in [2.75, 3.05) is 6.54 Å². The lowest BCUT2D eigenvalue weighted by Gasteiger charge is -2.11. The number of aliphatic imine (C=N–C) groups is 1. The molecule has 1 aromatic heterocycles. The van der Waals surface area contributed by atoms with Crippen LogP contribution < -0.4 is 15.2 Å². The van der Waals surface area contributed by atoms with Gasteiger partial charge < -0.3 is 19.7 Å². The van der Waals surface area contributed by atoms with Crippen LogP contribution >= 0.6 is 0 Å². The lowest BCUT2D eigenvalue weighted by atomic mass is 10.0. The molecule has 0 spiro atoms. The van der Waals surface area contributed by atoms with Crippen LogP contribution in [0.3, 0.4) is 0 Å². The number of ether oxygens (including phenoxy) is 2. The molecule has 0 fully saturated rings. The molecule has 0 aliphatic carbocycles. The molecule has 1 aromatic carbocycles. The molecule has 146 valence electrons. The van der Waals surface area contributed by atoms with Crippen molar-refractivity contribution in [2.24, 2.45) is 10.7 Å². The molecule has 5 nitrogen and oxygen atoms in total. The van der Waals surface area contributed by atoms with Crippen LogP contribution in [0.2, 0.25) is 0 Å². The van der Waals surface area contributed by atoms with Crippen LogP contribution in [0.5, 0.6) is 11.5 Å². The standard InChI is InChI=1S/C21H18BF2N3O2/c1-13-11-15(26-20(13)16(8-9-25)17-3-2-10-27(17)22)6-4-14-5-7-18-19(12-14)29-21(23,24)28-18/h2-7,10-12H,8-9,25H2,1H3/b6-4+,20-16-. The predicted octanol–water partition coefficient (Wildman–Crippen LogP) is 3.92. The normalized spacial score (nSPS) is 18.9. The zero-order valence-electron chi connectivity index (χ0n) is 15.7. The third-order valence-electron chi connectivity index (χ3n) is 4.62. The van der Waals surface area contributed by atoms with Crippen molar-refractivity contribution >= 4 is 25.3 Å². The molecule has 2 aliphatic heterocycles. The molecule has 8 heteroatoms. The average Bonchev–Trinajstić information content (AvgIpc) is 3.33. The van der Waals surface area contributed by atoms with Gasteiger partial charge in [-0.2, -0.15) is 0 Å². The molecule has 3 heterocycles. The fourth-order valence-electron chi connectivity index (χ4n) is 3.34. The first kappa shape index (κ1) is 19.2. The van der Waals surface area contributed by atoms with Crippen molar-refractivity contribution in [2.45, 2.75) is 19.6 Å². The Morgan fingerprint density at radius 2 is 2.03 bits per heavy atom. The Bertz CT molecular complexity index is 1080. The molecule has 4 rings (SSSR count). The highest BCUT2D eigenvalue weighted by molar-refractivity contribution is 6.11. The summed E-state index contributed by atoms with van der Waals surface area (Å²) in [5.74, 6) is 0.0225. The molecule has 2 aromatic rings. The van der Waals surface area contributed by atoms with E-state index in [1.807, 2.05) is 31.2 Å². The Kier molecular flexibility index (Phi) is 4.88. The minimum absolute atomic E-state index is 0.00626. The number of halogens is 2. The lowest BCUT2D eigenvalue weighted by Crippen LogP contribution is -2.25. The van der Waals surface area contributed by atoms with Gasteiger partial charge in [-0.15, -0.1) is 8.78 Å². The molecule has 0 atom stereocenters. The molecule has 2 radical (unpaired) electrons. The first-order valence-corrected chi connectivity index (χ1v) is 9.07. The summed E-state index contributed by atoms with van der Waals surface area (Å²) in [6.45, 7) is 2.45. The van der Waals surface area contributed by atoms with E-state index in [0.29, 0.717) is 18.5 Å². The predicted molar refractivity (Wildman–Crippen MR) is 109 cm³/mol. The Labute approximate surface area is 168 Å². The largest absolute Gasteiger partial charge is 0.586 e. The van der Waals surface area contributed by atoms with E-state index in [2.05, 4.69) is 9.47 Å². The van der Waals surface area contributed by atoms with E-state index >= 15 is 0 Å². The van der Waals surface area contributed by atoms with Gasteiger partial charge in [-0.25, -0.2) is 4.99 Å². The van der Waals surface area contributed by atoms with Gasteiger partial charge >= 0.3 is 6.29 Å². The van der Waals surface area contributed by atoms with E-state index in [0.717, 1.165) is 28.2 Å². The van der Waals surface area contributed by atoms with E-state index in [9.17, 15) is 8.78 Å². The van der Waals surface area contributed by atoms with Gasteiger partial charge in [-0.1, -0.05) is 12.1 Å². The summed E-state index contributed by atoms with van der Waals surface area (Å²) in [5.41, 5.74) is 10.9. The second-order valence-electron chi connectivity index (χ2n) is 6.74. The van der Waals surface area contributed by atoms with E-state index in [4.69, 9.17) is 18.7 Å². The number of nitrogens with two attached hydrogens (primary N) is 1. The average molecular weight is 393 g/mol. The molecule has 29 heavy (non-hydrogen) atoms. The fraction of sp³-hybridized carbons (Fsp3) is 0.190. The first-order chi connectivity index (χ1) is 13.9. The van der Waals surface area contributed by atoms with Crippen LogP contribution in [0.4, 0.5) is 8.78 Å². The Hall–Kier alpha value is -3.13. The smallest absolute Gasteiger partial charge is 0.403 e. The summed E-state index contributed by atoms with van der Waals surface area (Å²) in [4.78, 5) is 4.71. The summed E-state index contributed by atoms with van der Waals surface area (Å²) < 4.78 is 36.8. The molecule has 2 aliphatic rings. The van der Waals surface area contributed by atoms with Crippen molar-refractivity contribution in [3.8, 4) is 11.5 Å². The van der Waals surface area contributed by atoms with Crippen LogP contribution in [0, 0.1) is 0 Å². The van der Waals surface area contributed by atoms with E-state index in [1.54, 1.807) is 22.8 Å². The van der Waals surface area contributed by atoms with Crippen molar-refractivity contribution in [1.82, 2.24) is 4.48 Å². The SMILES string of the molecule is [B]n1cccc1/C(CCN)=C1N=C(/C=C/c2ccc3c(c2)OC(F)(F)O3)C=C\1C. The number of fused-ring (bicyclic) bond motifs is 1. The number of benzene rings is 1. The number of alkyl halides is 2. The minimum Gasteiger partial charge on any atom is -0.403 e. The maximum absolute atomic E-state index is 13.2. The molecular weight excluding hydrogens is 375 g/mol. The van der Waals surface area contributed by atoms with Gasteiger partial charge in [-0.3, -0.25) is 0 Å². The quantitative estimate of drug-likeness (QED) is 0.784. The second kappa shape index (κ2) is 7.37. The molecule has 2 N–H and O–H groups in total. The molecule has 0 saturated carbocycles. The van der Waals surface area contributed by atoms with E-state index < -0.39 is 6.29 Å². The van der Waals surface area contributed by atoms with E-state index in [-0.39, 0.29) is 11.5 Å². The van der Waals surface area contributed by atoms with Crippen molar-refractivity contribution in [1.29, 1.82) is 0 Å². The van der Waals surface area contributed by atoms with Crippen LogP contribution in [-0.4, -0.2) is 31.0 Å². The van der Waals surface area contributed by atoms with E-state index in [1.165, 1.54) is 12.1 Å². The molecule has 0 unspecified atom stereocenters. The highest BCUT2D eigenvalue weighted by atomic mass is 19.3. The third kappa shape index (κ3) is 3.89. The van der Waals surface area contributed by atoms with Gasteiger partial charge in [0, 0.05) is 11.3 Å². The van der Waals surface area contributed by atoms with Gasteiger partial charge in [0.1, 0.15) is 0 Å². The Morgan fingerprint density at radius 1 is 1.24 bits per heavy atom. The molecule has 0 saturated heterocycles. The van der Waals surface area contributed by atoms with Gasteiger partial charge in [-0.05, 0) is 73.6 Å². The summed E-state index contributed by atoms with van der Waals surface area (Å²) >= 11 is 0. The van der Waals surface area contributed by atoms with Crippen molar-refractivity contribution < 1.29 is 18.3 Å². The molecule has 0 amide bonds. The fourth-order valence-corrected chi connectivity index (χ4v) is 3.34. The zero-order chi connectivity index (χ0) is 20.6. The maximum atomic E-state index is 13.2. The third-order valence-corrected chi connectivity index (χ3v) is 4.62. The summed E-state index contributed by atoms with van der Waals surface area (Å²) in [6, 6.07) is 8.42. The Balaban J connectivity index is 1.62. The lowest BCUT2D eigenvalue weighted by molar-refractivity contribution is -0.286. The zero-order valence-corrected chi connectivity index (χ0v) is 15.7. The minimum atomic E-state index is -3.63. The molecule has 0 bridgehead atoms. The van der Waals surface area contributed by atoms with Gasteiger partial charge in [0.15, 0.2) is 11.5 Å². The number of rotatable bonds is 5. The Morgan fingerprint density at radius 3 is 2.76 bits per heavy atom. The van der Waals surface area contributed by atoms with Gasteiger partial charge in [0.2, 0.25) is 7.98 Å². The van der Waals surface area contributed by atoms with Crippen LogP contribution in [0.25, 0.3) is 11.6 Å².